The molecule has 0 aliphatic carbocycles. The Hall–Kier alpha value is -1.79. The van der Waals surface area contributed by atoms with Gasteiger partial charge in [0.25, 0.3) is 0 Å². The van der Waals surface area contributed by atoms with E-state index in [1.807, 2.05) is 12.1 Å². The number of rotatable bonds is 4. The lowest BCUT2D eigenvalue weighted by Gasteiger charge is -2.08. The lowest BCUT2D eigenvalue weighted by atomic mass is 10.1. The first-order chi connectivity index (χ1) is 8.22. The number of fused-ring (bicyclic) bond motifs is 1. The molecule has 17 heavy (non-hydrogen) atoms. The Balaban J connectivity index is 2.39. The molecule has 3 nitrogen and oxygen atoms in total. The topological polar surface area (TPSA) is 42.8 Å². The molecule has 0 amide bonds. The van der Waals surface area contributed by atoms with Crippen molar-refractivity contribution in [2.24, 2.45) is 0 Å². The van der Waals surface area contributed by atoms with Gasteiger partial charge < -0.3 is 9.88 Å². The van der Waals surface area contributed by atoms with Crippen molar-refractivity contribution in [1.82, 2.24) is 9.88 Å². The Morgan fingerprint density at radius 2 is 2.06 bits per heavy atom. The van der Waals surface area contributed by atoms with E-state index in [0.29, 0.717) is 6.42 Å². The third kappa shape index (κ3) is 2.48. The normalized spacial score (nSPS) is 10.9. The molecular formula is C14H17N3. The zero-order valence-corrected chi connectivity index (χ0v) is 10.3. The number of para-hydroxylation sites is 1. The van der Waals surface area contributed by atoms with Crippen LogP contribution in [-0.2, 0) is 12.8 Å². The summed E-state index contributed by atoms with van der Waals surface area (Å²) in [6.07, 6.45) is 1.44. The van der Waals surface area contributed by atoms with Crippen LogP contribution in [0.4, 0.5) is 0 Å². The first kappa shape index (κ1) is 11.7. The van der Waals surface area contributed by atoms with Gasteiger partial charge in [-0.3, -0.25) is 0 Å². The zero-order valence-electron chi connectivity index (χ0n) is 10.3. The van der Waals surface area contributed by atoms with Gasteiger partial charge in [0.2, 0.25) is 0 Å². The fourth-order valence-electron chi connectivity index (χ4n) is 2.09. The van der Waals surface area contributed by atoms with Crippen LogP contribution in [0.3, 0.4) is 0 Å². The molecule has 88 valence electrons. The summed E-state index contributed by atoms with van der Waals surface area (Å²) in [7, 11) is 4.12. The maximum Gasteiger partial charge on any atom is 0.0670 e. The Morgan fingerprint density at radius 1 is 1.29 bits per heavy atom. The lowest BCUT2D eigenvalue weighted by molar-refractivity contribution is 0.412. The Labute approximate surface area is 102 Å². The van der Waals surface area contributed by atoms with Crippen molar-refractivity contribution in [3.8, 4) is 6.07 Å². The highest BCUT2D eigenvalue weighted by Gasteiger charge is 2.10. The van der Waals surface area contributed by atoms with Crippen molar-refractivity contribution in [2.75, 3.05) is 20.6 Å². The van der Waals surface area contributed by atoms with Gasteiger partial charge in [0.15, 0.2) is 0 Å². The minimum atomic E-state index is 0.479. The number of aromatic amines is 1. The molecule has 0 spiro atoms. The van der Waals surface area contributed by atoms with Crippen LogP contribution in [0.25, 0.3) is 10.9 Å². The Morgan fingerprint density at radius 3 is 2.76 bits per heavy atom. The number of hydrogen-bond donors (Lipinski definition) is 1. The second-order valence-corrected chi connectivity index (χ2v) is 4.52. The van der Waals surface area contributed by atoms with Crippen LogP contribution in [0.15, 0.2) is 24.3 Å². The van der Waals surface area contributed by atoms with Gasteiger partial charge in [-0.15, -0.1) is 0 Å². The number of likely N-dealkylation sites (N-methyl/N-ethyl adjacent to an activating group) is 1. The predicted octanol–water partition coefficient (Wildman–Crippen LogP) is 2.34. The molecule has 1 aromatic heterocycles. The van der Waals surface area contributed by atoms with Gasteiger partial charge in [-0.05, 0) is 25.7 Å². The maximum atomic E-state index is 8.93. The third-order valence-corrected chi connectivity index (χ3v) is 2.97. The average molecular weight is 227 g/mol. The fourth-order valence-corrected chi connectivity index (χ4v) is 2.09. The number of H-pyrrole nitrogens is 1. The third-order valence-electron chi connectivity index (χ3n) is 2.97. The van der Waals surface area contributed by atoms with E-state index >= 15 is 0 Å². The molecule has 1 aromatic carbocycles. The summed E-state index contributed by atoms with van der Waals surface area (Å²) in [5.41, 5.74) is 3.48. The highest BCUT2D eigenvalue weighted by atomic mass is 15.0. The van der Waals surface area contributed by atoms with Gasteiger partial charge in [-0.2, -0.15) is 5.26 Å². The zero-order chi connectivity index (χ0) is 12.3. The highest BCUT2D eigenvalue weighted by Crippen LogP contribution is 2.23. The van der Waals surface area contributed by atoms with E-state index in [4.69, 9.17) is 5.26 Å². The van der Waals surface area contributed by atoms with Crippen LogP contribution in [0, 0.1) is 11.3 Å². The maximum absolute atomic E-state index is 8.93. The largest absolute Gasteiger partial charge is 0.358 e. The first-order valence-electron chi connectivity index (χ1n) is 5.82. The number of nitriles is 1. The SMILES string of the molecule is CN(C)CCc1[nH]c2ccccc2c1CC#N. The van der Waals surface area contributed by atoms with Gasteiger partial charge in [-0.1, -0.05) is 18.2 Å². The molecule has 1 heterocycles. The molecular weight excluding hydrogens is 210 g/mol. The quantitative estimate of drug-likeness (QED) is 0.871. The summed E-state index contributed by atoms with van der Waals surface area (Å²) in [6, 6.07) is 10.4. The van der Waals surface area contributed by atoms with Crippen LogP contribution in [-0.4, -0.2) is 30.5 Å². The summed E-state index contributed by atoms with van der Waals surface area (Å²) in [6.45, 7) is 0.991. The van der Waals surface area contributed by atoms with E-state index in [1.54, 1.807) is 0 Å². The molecule has 0 aliphatic heterocycles. The molecule has 0 saturated heterocycles. The molecule has 1 N–H and O–H groups in total. The first-order valence-corrected chi connectivity index (χ1v) is 5.82. The second kappa shape index (κ2) is 5.03. The number of nitrogens with zero attached hydrogens (tertiary/aromatic N) is 2. The van der Waals surface area contributed by atoms with Gasteiger partial charge in [-0.25, -0.2) is 0 Å². The average Bonchev–Trinajstić information content (AvgIpc) is 2.66. The van der Waals surface area contributed by atoms with Gasteiger partial charge in [0.1, 0.15) is 0 Å². The Kier molecular flexibility index (Phi) is 3.46. The van der Waals surface area contributed by atoms with E-state index in [2.05, 4.69) is 42.2 Å². The smallest absolute Gasteiger partial charge is 0.0670 e. The lowest BCUT2D eigenvalue weighted by Crippen LogP contribution is -2.15. The summed E-state index contributed by atoms with van der Waals surface area (Å²) in [5.74, 6) is 0. The van der Waals surface area contributed by atoms with E-state index in [-0.39, 0.29) is 0 Å². The minimum absolute atomic E-state index is 0.479. The molecule has 3 heteroatoms. The Bertz CT molecular complexity index is 546. The predicted molar refractivity (Wildman–Crippen MR) is 69.9 cm³/mol. The molecule has 0 fully saturated rings. The van der Waals surface area contributed by atoms with Gasteiger partial charge in [0, 0.05) is 29.6 Å². The monoisotopic (exact) mass is 227 g/mol. The van der Waals surface area contributed by atoms with Gasteiger partial charge >= 0.3 is 0 Å². The molecule has 2 rings (SSSR count). The molecule has 0 radical (unpaired) electrons. The number of benzene rings is 1. The summed E-state index contributed by atoms with van der Waals surface area (Å²) < 4.78 is 0. The van der Waals surface area contributed by atoms with Crippen LogP contribution in [0.5, 0.6) is 0 Å². The standard InChI is InChI=1S/C14H17N3/c1-17(2)10-8-14-12(7-9-15)11-5-3-4-6-13(11)16-14/h3-6,16H,7-8,10H2,1-2H3. The number of nitrogens with one attached hydrogen (secondary N) is 1. The summed E-state index contributed by atoms with van der Waals surface area (Å²) >= 11 is 0. The molecule has 0 saturated carbocycles. The van der Waals surface area contributed by atoms with Crippen molar-refractivity contribution in [2.45, 2.75) is 12.8 Å². The van der Waals surface area contributed by atoms with E-state index in [9.17, 15) is 0 Å². The van der Waals surface area contributed by atoms with Crippen LogP contribution in [0.1, 0.15) is 11.3 Å². The second-order valence-electron chi connectivity index (χ2n) is 4.52. The minimum Gasteiger partial charge on any atom is -0.358 e. The molecule has 0 unspecified atom stereocenters. The van der Waals surface area contributed by atoms with Crippen molar-refractivity contribution < 1.29 is 0 Å². The van der Waals surface area contributed by atoms with E-state index in [0.717, 1.165) is 24.0 Å². The molecule has 0 aliphatic rings. The summed E-state index contributed by atoms with van der Waals surface area (Å²) in [5, 5.41) is 10.1. The molecule has 0 atom stereocenters. The molecule has 2 aromatic rings. The van der Waals surface area contributed by atoms with Gasteiger partial charge in [0.05, 0.1) is 12.5 Å². The van der Waals surface area contributed by atoms with Crippen molar-refractivity contribution >= 4 is 10.9 Å². The number of hydrogen-bond acceptors (Lipinski definition) is 2. The summed E-state index contributed by atoms with van der Waals surface area (Å²) in [4.78, 5) is 5.58. The van der Waals surface area contributed by atoms with Crippen LogP contribution in [0.2, 0.25) is 0 Å². The van der Waals surface area contributed by atoms with Crippen molar-refractivity contribution in [3.05, 3.63) is 35.5 Å². The van der Waals surface area contributed by atoms with Crippen LogP contribution >= 0.6 is 0 Å². The number of aromatic nitrogens is 1. The van der Waals surface area contributed by atoms with Crippen LogP contribution < -0.4 is 0 Å². The van der Waals surface area contributed by atoms with E-state index < -0.39 is 0 Å². The molecule has 0 bridgehead atoms. The highest BCUT2D eigenvalue weighted by molar-refractivity contribution is 5.84. The van der Waals surface area contributed by atoms with Crippen molar-refractivity contribution in [1.29, 1.82) is 5.26 Å². The van der Waals surface area contributed by atoms with E-state index in [1.165, 1.54) is 11.1 Å². The van der Waals surface area contributed by atoms with Crippen molar-refractivity contribution in [3.63, 3.8) is 0 Å². The fraction of sp³-hybridized carbons (Fsp3) is 0.357.